The van der Waals surface area contributed by atoms with Gasteiger partial charge in [-0.3, -0.25) is 0 Å². The van der Waals surface area contributed by atoms with E-state index in [-0.39, 0.29) is 0 Å². The number of piperidine rings is 1. The van der Waals surface area contributed by atoms with E-state index in [1.165, 1.54) is 25.9 Å². The van der Waals surface area contributed by atoms with Gasteiger partial charge in [-0.2, -0.15) is 0 Å². The molecule has 0 amide bonds. The van der Waals surface area contributed by atoms with Crippen molar-refractivity contribution in [1.29, 1.82) is 0 Å². The lowest BCUT2D eigenvalue weighted by Crippen LogP contribution is -2.32. The molecule has 2 rings (SSSR count). The van der Waals surface area contributed by atoms with Crippen molar-refractivity contribution >= 4 is 11.5 Å². The van der Waals surface area contributed by atoms with Gasteiger partial charge in [0, 0.05) is 6.54 Å². The molecule has 1 aliphatic heterocycles. The molecule has 88 valence electrons. The molecule has 0 spiro atoms. The molecule has 0 radical (unpaired) electrons. The zero-order valence-corrected chi connectivity index (χ0v) is 9.82. The fourth-order valence-corrected chi connectivity index (χ4v) is 2.04. The lowest BCUT2D eigenvalue weighted by molar-refractivity contribution is 0.226. The number of hydrogen-bond acceptors (Lipinski definition) is 4. The summed E-state index contributed by atoms with van der Waals surface area (Å²) < 4.78 is 0. The Balaban J connectivity index is 1.77. The van der Waals surface area contributed by atoms with E-state index in [9.17, 15) is 0 Å². The van der Waals surface area contributed by atoms with Crippen LogP contribution >= 0.6 is 0 Å². The van der Waals surface area contributed by atoms with E-state index in [2.05, 4.69) is 22.2 Å². The summed E-state index contributed by atoms with van der Waals surface area (Å²) in [6.07, 6.45) is 4.36. The monoisotopic (exact) mass is 220 g/mol. The fourth-order valence-electron chi connectivity index (χ4n) is 2.04. The molecular formula is C12H20N4. The lowest BCUT2D eigenvalue weighted by Gasteiger charge is -2.29. The van der Waals surface area contributed by atoms with Crippen LogP contribution in [0, 0.1) is 5.92 Å². The predicted octanol–water partition coefficient (Wildman–Crippen LogP) is 1.42. The van der Waals surface area contributed by atoms with Gasteiger partial charge in [0.15, 0.2) is 0 Å². The molecule has 1 aliphatic rings. The molecule has 0 unspecified atom stereocenters. The molecule has 1 saturated heterocycles. The maximum absolute atomic E-state index is 5.54. The molecule has 0 atom stereocenters. The van der Waals surface area contributed by atoms with Crippen LogP contribution in [0.2, 0.25) is 0 Å². The summed E-state index contributed by atoms with van der Waals surface area (Å²) in [4.78, 5) is 6.45. The smallest absolute Gasteiger partial charge is 0.123 e. The van der Waals surface area contributed by atoms with E-state index in [4.69, 9.17) is 5.73 Å². The average Bonchev–Trinajstić information content (AvgIpc) is 2.30. The molecule has 0 aromatic carbocycles. The summed E-state index contributed by atoms with van der Waals surface area (Å²) in [6, 6.07) is 3.81. The normalized spacial score (nSPS) is 18.6. The summed E-state index contributed by atoms with van der Waals surface area (Å²) >= 11 is 0. The van der Waals surface area contributed by atoms with Crippen molar-refractivity contribution < 1.29 is 0 Å². The van der Waals surface area contributed by atoms with Crippen molar-refractivity contribution in [2.45, 2.75) is 12.8 Å². The van der Waals surface area contributed by atoms with Crippen molar-refractivity contribution in [1.82, 2.24) is 9.88 Å². The van der Waals surface area contributed by atoms with E-state index < -0.39 is 0 Å². The SMILES string of the molecule is CN1CCC(CNc2ccc(N)nc2)CC1. The maximum atomic E-state index is 5.54. The second-order valence-electron chi connectivity index (χ2n) is 4.60. The lowest BCUT2D eigenvalue weighted by atomic mass is 9.97. The zero-order chi connectivity index (χ0) is 11.4. The van der Waals surface area contributed by atoms with E-state index in [0.29, 0.717) is 5.82 Å². The minimum atomic E-state index is 0.574. The van der Waals surface area contributed by atoms with E-state index in [1.807, 2.05) is 12.1 Å². The zero-order valence-electron chi connectivity index (χ0n) is 9.82. The first kappa shape index (κ1) is 11.2. The third-order valence-electron chi connectivity index (χ3n) is 3.22. The molecule has 1 fully saturated rings. The molecule has 1 aromatic rings. The first-order valence-electron chi connectivity index (χ1n) is 5.88. The number of nitrogens with two attached hydrogens (primary N) is 1. The van der Waals surface area contributed by atoms with Crippen molar-refractivity contribution in [3.8, 4) is 0 Å². The highest BCUT2D eigenvalue weighted by molar-refractivity contribution is 5.45. The van der Waals surface area contributed by atoms with Crippen LogP contribution in [0.4, 0.5) is 11.5 Å². The van der Waals surface area contributed by atoms with Gasteiger partial charge in [-0.15, -0.1) is 0 Å². The first-order chi connectivity index (χ1) is 7.74. The van der Waals surface area contributed by atoms with Crippen molar-refractivity contribution in [2.75, 3.05) is 37.7 Å². The van der Waals surface area contributed by atoms with Crippen molar-refractivity contribution in [2.24, 2.45) is 5.92 Å². The molecule has 0 saturated carbocycles. The van der Waals surface area contributed by atoms with Crippen molar-refractivity contribution in [3.05, 3.63) is 18.3 Å². The highest BCUT2D eigenvalue weighted by Gasteiger charge is 2.15. The van der Waals surface area contributed by atoms with Crippen LogP contribution in [0.25, 0.3) is 0 Å². The Morgan fingerprint density at radius 2 is 2.19 bits per heavy atom. The first-order valence-corrected chi connectivity index (χ1v) is 5.88. The van der Waals surface area contributed by atoms with Gasteiger partial charge in [0.1, 0.15) is 5.82 Å². The number of aromatic nitrogens is 1. The summed E-state index contributed by atoms with van der Waals surface area (Å²) in [5.74, 6) is 1.36. The topological polar surface area (TPSA) is 54.2 Å². The molecular weight excluding hydrogens is 200 g/mol. The van der Waals surface area contributed by atoms with Gasteiger partial charge in [-0.05, 0) is 51.0 Å². The van der Waals surface area contributed by atoms with E-state index >= 15 is 0 Å². The number of rotatable bonds is 3. The van der Waals surface area contributed by atoms with Crippen LogP contribution in [0.3, 0.4) is 0 Å². The second kappa shape index (κ2) is 5.16. The fraction of sp³-hybridized carbons (Fsp3) is 0.583. The third-order valence-corrected chi connectivity index (χ3v) is 3.22. The van der Waals surface area contributed by atoms with Gasteiger partial charge < -0.3 is 16.0 Å². The van der Waals surface area contributed by atoms with E-state index in [0.717, 1.165) is 18.2 Å². The number of pyridine rings is 1. The average molecular weight is 220 g/mol. The van der Waals surface area contributed by atoms with Crippen LogP contribution < -0.4 is 11.1 Å². The minimum Gasteiger partial charge on any atom is -0.384 e. The van der Waals surface area contributed by atoms with Crippen molar-refractivity contribution in [3.63, 3.8) is 0 Å². The van der Waals surface area contributed by atoms with Crippen LogP contribution in [0.5, 0.6) is 0 Å². The minimum absolute atomic E-state index is 0.574. The Hall–Kier alpha value is -1.29. The molecule has 3 N–H and O–H groups in total. The molecule has 2 heterocycles. The van der Waals surface area contributed by atoms with Gasteiger partial charge in [0.25, 0.3) is 0 Å². The summed E-state index contributed by atoms with van der Waals surface area (Å²) in [5, 5.41) is 3.42. The van der Waals surface area contributed by atoms with E-state index in [1.54, 1.807) is 6.20 Å². The summed E-state index contributed by atoms with van der Waals surface area (Å²) in [7, 11) is 2.19. The summed E-state index contributed by atoms with van der Waals surface area (Å²) in [6.45, 7) is 3.47. The summed E-state index contributed by atoms with van der Waals surface area (Å²) in [5.41, 5.74) is 6.60. The van der Waals surface area contributed by atoms with Gasteiger partial charge in [-0.1, -0.05) is 0 Å². The van der Waals surface area contributed by atoms with Crippen LogP contribution in [0.15, 0.2) is 18.3 Å². The quantitative estimate of drug-likeness (QED) is 0.809. The number of anilines is 2. The second-order valence-corrected chi connectivity index (χ2v) is 4.60. The number of likely N-dealkylation sites (tertiary alicyclic amines) is 1. The number of nitrogens with zero attached hydrogens (tertiary/aromatic N) is 2. The van der Waals surface area contributed by atoms with Gasteiger partial charge >= 0.3 is 0 Å². The Bertz CT molecular complexity index is 314. The largest absolute Gasteiger partial charge is 0.384 e. The third kappa shape index (κ3) is 3.10. The van der Waals surface area contributed by atoms with Crippen LogP contribution in [-0.2, 0) is 0 Å². The number of nitrogen functional groups attached to an aromatic ring is 1. The predicted molar refractivity (Wildman–Crippen MR) is 67.4 cm³/mol. The van der Waals surface area contributed by atoms with Gasteiger partial charge in [0.05, 0.1) is 11.9 Å². The Labute approximate surface area is 96.8 Å². The molecule has 1 aromatic heterocycles. The Morgan fingerprint density at radius 1 is 1.44 bits per heavy atom. The highest BCUT2D eigenvalue weighted by atomic mass is 15.1. The molecule has 4 nitrogen and oxygen atoms in total. The molecule has 4 heteroatoms. The Kier molecular flexibility index (Phi) is 3.62. The van der Waals surface area contributed by atoms with Gasteiger partial charge in [0.2, 0.25) is 0 Å². The van der Waals surface area contributed by atoms with Crippen LogP contribution in [0.1, 0.15) is 12.8 Å². The van der Waals surface area contributed by atoms with Gasteiger partial charge in [-0.25, -0.2) is 4.98 Å². The Morgan fingerprint density at radius 3 is 2.81 bits per heavy atom. The highest BCUT2D eigenvalue weighted by Crippen LogP contribution is 2.17. The molecule has 0 bridgehead atoms. The molecule has 0 aliphatic carbocycles. The van der Waals surface area contributed by atoms with Crippen LogP contribution in [-0.4, -0.2) is 36.6 Å². The molecule has 16 heavy (non-hydrogen) atoms. The maximum Gasteiger partial charge on any atom is 0.123 e. The number of hydrogen-bond donors (Lipinski definition) is 2. The number of nitrogens with one attached hydrogen (secondary N) is 1. The standard InChI is InChI=1S/C12H20N4/c1-16-6-4-10(5-7-16)8-14-11-2-3-12(13)15-9-11/h2-3,9-10,14H,4-8H2,1H3,(H2,13,15).